The van der Waals surface area contributed by atoms with Crippen LogP contribution < -0.4 is 5.32 Å². The highest BCUT2D eigenvalue weighted by molar-refractivity contribution is 5.98. The first-order valence-corrected chi connectivity index (χ1v) is 6.49. The lowest BCUT2D eigenvalue weighted by atomic mass is 10.1. The molecule has 2 rings (SSSR count). The molecule has 110 valence electrons. The van der Waals surface area contributed by atoms with Crippen LogP contribution in [0.25, 0.3) is 0 Å². The van der Waals surface area contributed by atoms with Crippen molar-refractivity contribution in [1.29, 1.82) is 0 Å². The van der Waals surface area contributed by atoms with Crippen molar-refractivity contribution in [2.45, 2.75) is 26.3 Å². The summed E-state index contributed by atoms with van der Waals surface area (Å²) in [5.41, 5.74) is 1.56. The van der Waals surface area contributed by atoms with E-state index < -0.39 is 17.9 Å². The Hall–Kier alpha value is -2.63. The van der Waals surface area contributed by atoms with Gasteiger partial charge in [0.2, 0.25) is 0 Å². The van der Waals surface area contributed by atoms with Gasteiger partial charge in [-0.2, -0.15) is 0 Å². The zero-order valence-corrected chi connectivity index (χ0v) is 11.8. The molecule has 1 aromatic carbocycles. The monoisotopic (exact) mass is 288 g/mol. The summed E-state index contributed by atoms with van der Waals surface area (Å²) < 4.78 is 4.92. The number of aliphatic carboxylic acids is 1. The summed E-state index contributed by atoms with van der Waals surface area (Å²) in [6.45, 7) is 3.25. The average molecular weight is 288 g/mol. The third-order valence-corrected chi connectivity index (χ3v) is 3.15. The van der Waals surface area contributed by atoms with Gasteiger partial charge >= 0.3 is 5.97 Å². The fraction of sp³-hybridized carbons (Fsp3) is 0.267. The zero-order valence-electron chi connectivity index (χ0n) is 11.8. The minimum absolute atomic E-state index is 0.214. The molecular formula is C15H16N2O4. The van der Waals surface area contributed by atoms with Crippen molar-refractivity contribution in [3.05, 3.63) is 52.9 Å². The Labute approximate surface area is 121 Å². The summed E-state index contributed by atoms with van der Waals surface area (Å²) >= 11 is 0. The molecule has 0 fully saturated rings. The number of aromatic nitrogens is 1. The molecule has 2 N–H and O–H groups in total. The van der Waals surface area contributed by atoms with Gasteiger partial charge < -0.3 is 14.9 Å². The zero-order chi connectivity index (χ0) is 15.4. The minimum Gasteiger partial charge on any atom is -0.480 e. The van der Waals surface area contributed by atoms with Gasteiger partial charge in [-0.3, -0.25) is 4.79 Å². The van der Waals surface area contributed by atoms with Gasteiger partial charge in [0.05, 0.1) is 5.69 Å². The van der Waals surface area contributed by atoms with Crippen molar-refractivity contribution < 1.29 is 19.2 Å². The Morgan fingerprint density at radius 1 is 1.29 bits per heavy atom. The topological polar surface area (TPSA) is 92.4 Å². The maximum atomic E-state index is 12.2. The average Bonchev–Trinajstić information content (AvgIpc) is 2.78. The van der Waals surface area contributed by atoms with Gasteiger partial charge in [-0.25, -0.2) is 4.79 Å². The van der Waals surface area contributed by atoms with Crippen LogP contribution in [0.15, 0.2) is 34.9 Å². The molecule has 1 heterocycles. The van der Waals surface area contributed by atoms with Crippen LogP contribution in [0.2, 0.25) is 0 Å². The molecule has 0 saturated heterocycles. The number of hydrogen-bond donors (Lipinski definition) is 2. The Morgan fingerprint density at radius 2 is 1.95 bits per heavy atom. The minimum atomic E-state index is -1.08. The Kier molecular flexibility index (Phi) is 4.37. The van der Waals surface area contributed by atoms with Crippen molar-refractivity contribution in [2.24, 2.45) is 0 Å². The summed E-state index contributed by atoms with van der Waals surface area (Å²) in [6, 6.07) is 8.13. The number of nitrogens with one attached hydrogen (secondary N) is 1. The fourth-order valence-electron chi connectivity index (χ4n) is 2.09. The largest absolute Gasteiger partial charge is 0.480 e. The van der Waals surface area contributed by atoms with Crippen molar-refractivity contribution in [3.63, 3.8) is 0 Å². The molecule has 2 aromatic rings. The summed E-state index contributed by atoms with van der Waals surface area (Å²) in [5, 5.41) is 15.5. The number of carboxylic acids is 1. The van der Waals surface area contributed by atoms with E-state index in [9.17, 15) is 14.7 Å². The molecule has 21 heavy (non-hydrogen) atoms. The fourth-order valence-corrected chi connectivity index (χ4v) is 2.09. The predicted octanol–water partition coefficient (Wildman–Crippen LogP) is 1.72. The Bertz CT molecular complexity index is 629. The lowest BCUT2D eigenvalue weighted by Crippen LogP contribution is -2.42. The maximum Gasteiger partial charge on any atom is 0.326 e. The van der Waals surface area contributed by atoms with E-state index in [0.29, 0.717) is 11.5 Å². The molecule has 0 aliphatic carbocycles. The van der Waals surface area contributed by atoms with Gasteiger partial charge in [-0.15, -0.1) is 0 Å². The van der Waals surface area contributed by atoms with Crippen LogP contribution in [0.3, 0.4) is 0 Å². The molecule has 0 bridgehead atoms. The molecule has 1 atom stereocenters. The second-order valence-corrected chi connectivity index (χ2v) is 4.75. The standard InChI is InChI=1S/C15H16N2O4/c1-9-13(10(2)21-17-9)14(18)16-12(15(19)20)8-11-6-4-3-5-7-11/h3-7,12H,8H2,1-2H3,(H,16,18)(H,19,20)/t12-/m1/s1. The lowest BCUT2D eigenvalue weighted by Gasteiger charge is -2.14. The van der Waals surface area contributed by atoms with Crippen molar-refractivity contribution in [1.82, 2.24) is 10.5 Å². The molecule has 0 aliphatic heterocycles. The normalized spacial score (nSPS) is 11.9. The molecule has 0 aliphatic rings. The number of carboxylic acid groups (broad SMARTS) is 1. The first kappa shape index (κ1) is 14.8. The number of benzene rings is 1. The van der Waals surface area contributed by atoms with E-state index >= 15 is 0 Å². The van der Waals surface area contributed by atoms with Gasteiger partial charge in [0.1, 0.15) is 17.4 Å². The SMILES string of the molecule is Cc1noc(C)c1C(=O)N[C@H](Cc1ccccc1)C(=O)O. The van der Waals surface area contributed by atoms with E-state index in [4.69, 9.17) is 4.52 Å². The summed E-state index contributed by atoms with van der Waals surface area (Å²) in [7, 11) is 0. The van der Waals surface area contributed by atoms with Crippen molar-refractivity contribution >= 4 is 11.9 Å². The molecular weight excluding hydrogens is 272 g/mol. The van der Waals surface area contributed by atoms with Crippen LogP contribution in [-0.4, -0.2) is 28.2 Å². The van der Waals surface area contributed by atoms with E-state index in [-0.39, 0.29) is 12.0 Å². The number of aryl methyl sites for hydroxylation is 2. The van der Waals surface area contributed by atoms with E-state index in [0.717, 1.165) is 5.56 Å². The van der Waals surface area contributed by atoms with Gasteiger partial charge in [0, 0.05) is 6.42 Å². The van der Waals surface area contributed by atoms with Crippen LogP contribution >= 0.6 is 0 Å². The summed E-state index contributed by atoms with van der Waals surface area (Å²) in [4.78, 5) is 23.5. The second kappa shape index (κ2) is 6.21. The Balaban J connectivity index is 2.14. The third-order valence-electron chi connectivity index (χ3n) is 3.15. The molecule has 1 aromatic heterocycles. The second-order valence-electron chi connectivity index (χ2n) is 4.75. The highest BCUT2D eigenvalue weighted by atomic mass is 16.5. The lowest BCUT2D eigenvalue weighted by molar-refractivity contribution is -0.139. The molecule has 0 spiro atoms. The quantitative estimate of drug-likeness (QED) is 0.874. The summed E-state index contributed by atoms with van der Waals surface area (Å²) in [6.07, 6.45) is 0.214. The predicted molar refractivity (Wildman–Crippen MR) is 75.0 cm³/mol. The van der Waals surface area contributed by atoms with Crippen LogP contribution in [-0.2, 0) is 11.2 Å². The maximum absolute atomic E-state index is 12.2. The number of carbonyl (C=O) groups is 2. The number of rotatable bonds is 5. The Morgan fingerprint density at radius 3 is 2.48 bits per heavy atom. The molecule has 0 unspecified atom stereocenters. The van der Waals surface area contributed by atoms with Crippen LogP contribution in [0, 0.1) is 13.8 Å². The summed E-state index contributed by atoms with van der Waals surface area (Å²) in [5.74, 6) is -1.21. The van der Waals surface area contributed by atoms with Crippen LogP contribution in [0.5, 0.6) is 0 Å². The molecule has 0 radical (unpaired) electrons. The molecule has 1 amide bonds. The number of carbonyl (C=O) groups excluding carboxylic acids is 1. The van der Waals surface area contributed by atoms with Gasteiger partial charge in [-0.05, 0) is 19.4 Å². The highest BCUT2D eigenvalue weighted by Crippen LogP contribution is 2.13. The van der Waals surface area contributed by atoms with E-state index in [1.807, 2.05) is 30.3 Å². The third kappa shape index (κ3) is 3.47. The van der Waals surface area contributed by atoms with E-state index in [2.05, 4.69) is 10.5 Å². The van der Waals surface area contributed by atoms with Gasteiger partial charge in [0.25, 0.3) is 5.91 Å². The number of amides is 1. The van der Waals surface area contributed by atoms with Crippen LogP contribution in [0.4, 0.5) is 0 Å². The van der Waals surface area contributed by atoms with Gasteiger partial charge in [-0.1, -0.05) is 35.5 Å². The van der Waals surface area contributed by atoms with Crippen LogP contribution in [0.1, 0.15) is 27.4 Å². The molecule has 6 heteroatoms. The van der Waals surface area contributed by atoms with Crippen molar-refractivity contribution in [3.8, 4) is 0 Å². The smallest absolute Gasteiger partial charge is 0.326 e. The van der Waals surface area contributed by atoms with E-state index in [1.165, 1.54) is 0 Å². The van der Waals surface area contributed by atoms with E-state index in [1.54, 1.807) is 13.8 Å². The number of nitrogens with zero attached hydrogens (tertiary/aromatic N) is 1. The molecule has 0 saturated carbocycles. The van der Waals surface area contributed by atoms with Gasteiger partial charge in [0.15, 0.2) is 0 Å². The first-order chi connectivity index (χ1) is 9.99. The number of hydrogen-bond acceptors (Lipinski definition) is 4. The first-order valence-electron chi connectivity index (χ1n) is 6.49. The van der Waals surface area contributed by atoms with Crippen molar-refractivity contribution in [2.75, 3.05) is 0 Å². The highest BCUT2D eigenvalue weighted by Gasteiger charge is 2.24. The molecule has 6 nitrogen and oxygen atoms in total.